The van der Waals surface area contributed by atoms with Crippen molar-refractivity contribution in [2.24, 2.45) is 0 Å². The Morgan fingerprint density at radius 1 is 1.69 bits per heavy atom. The largest absolute Gasteiger partial charge is 0.307 e. The predicted molar refractivity (Wildman–Crippen MR) is 59.4 cm³/mol. The number of hydrogen-bond acceptors (Lipinski definition) is 4. The van der Waals surface area contributed by atoms with E-state index in [1.807, 2.05) is 18.0 Å². The summed E-state index contributed by atoms with van der Waals surface area (Å²) in [6.45, 7) is 3.05. The van der Waals surface area contributed by atoms with E-state index in [-0.39, 0.29) is 0 Å². The Hall–Kier alpha value is -0.0600. The van der Waals surface area contributed by atoms with Gasteiger partial charge >= 0.3 is 0 Å². The molecule has 0 aromatic carbocycles. The van der Waals surface area contributed by atoms with Gasteiger partial charge in [-0.25, -0.2) is 4.98 Å². The lowest BCUT2D eigenvalue weighted by Crippen LogP contribution is -2.27. The molecule has 1 saturated heterocycles. The molecule has 4 heteroatoms. The molecule has 1 aliphatic heterocycles. The van der Waals surface area contributed by atoms with Gasteiger partial charge in [0, 0.05) is 29.4 Å². The second kappa shape index (κ2) is 4.44. The molecule has 0 bridgehead atoms. The van der Waals surface area contributed by atoms with Crippen LogP contribution in [0.4, 0.5) is 0 Å². The lowest BCUT2D eigenvalue weighted by Gasteiger charge is -2.08. The Labute approximate surface area is 87.1 Å². The lowest BCUT2D eigenvalue weighted by atomic mass is 10.3. The minimum absolute atomic E-state index is 0.717. The van der Waals surface area contributed by atoms with Crippen LogP contribution in [-0.2, 0) is 6.54 Å². The molecule has 1 aliphatic rings. The smallest absolute Gasteiger partial charge is 0.107 e. The summed E-state index contributed by atoms with van der Waals surface area (Å²) in [5, 5.41) is 4.76. The van der Waals surface area contributed by atoms with E-state index in [1.165, 1.54) is 27.8 Å². The maximum absolute atomic E-state index is 4.33. The van der Waals surface area contributed by atoms with Gasteiger partial charge in [0.1, 0.15) is 5.01 Å². The van der Waals surface area contributed by atoms with Gasteiger partial charge in [-0.3, -0.25) is 0 Å². The second-order valence-corrected chi connectivity index (χ2v) is 5.78. The number of aryl methyl sites for hydroxylation is 1. The summed E-state index contributed by atoms with van der Waals surface area (Å²) in [6, 6.07) is 0.717. The number of rotatable bonds is 3. The fourth-order valence-electron chi connectivity index (χ4n) is 1.41. The van der Waals surface area contributed by atoms with Crippen molar-refractivity contribution in [3.8, 4) is 0 Å². The van der Waals surface area contributed by atoms with Crippen molar-refractivity contribution in [3.63, 3.8) is 0 Å². The van der Waals surface area contributed by atoms with Crippen molar-refractivity contribution in [2.45, 2.75) is 25.9 Å². The molecule has 72 valence electrons. The van der Waals surface area contributed by atoms with Gasteiger partial charge in [-0.15, -0.1) is 11.3 Å². The van der Waals surface area contributed by atoms with Gasteiger partial charge in [-0.05, 0) is 19.1 Å². The van der Waals surface area contributed by atoms with E-state index in [4.69, 9.17) is 0 Å². The van der Waals surface area contributed by atoms with Gasteiger partial charge in [0.2, 0.25) is 0 Å². The Kier molecular flexibility index (Phi) is 3.24. The van der Waals surface area contributed by atoms with Gasteiger partial charge in [-0.2, -0.15) is 11.8 Å². The van der Waals surface area contributed by atoms with Crippen molar-refractivity contribution in [1.29, 1.82) is 0 Å². The van der Waals surface area contributed by atoms with E-state index < -0.39 is 0 Å². The van der Waals surface area contributed by atoms with Crippen LogP contribution in [0.3, 0.4) is 0 Å². The standard InChI is InChI=1S/C9H14N2S2/c1-7-4-11-9(13-7)5-10-8-2-3-12-6-8/h4,8,10H,2-3,5-6H2,1H3. The molecule has 0 saturated carbocycles. The van der Waals surface area contributed by atoms with Crippen LogP contribution in [0.2, 0.25) is 0 Å². The van der Waals surface area contributed by atoms with Gasteiger partial charge in [-0.1, -0.05) is 0 Å². The highest BCUT2D eigenvalue weighted by atomic mass is 32.2. The molecule has 1 unspecified atom stereocenters. The molecular weight excluding hydrogens is 200 g/mol. The lowest BCUT2D eigenvalue weighted by molar-refractivity contribution is 0.557. The van der Waals surface area contributed by atoms with Crippen LogP contribution >= 0.6 is 23.1 Å². The summed E-state index contributed by atoms with van der Waals surface area (Å²) in [6.07, 6.45) is 3.26. The van der Waals surface area contributed by atoms with E-state index in [0.717, 1.165) is 6.54 Å². The summed E-state index contributed by atoms with van der Waals surface area (Å²) in [5.74, 6) is 2.58. The zero-order valence-electron chi connectivity index (χ0n) is 7.75. The van der Waals surface area contributed by atoms with Crippen LogP contribution in [0, 0.1) is 6.92 Å². The number of nitrogens with one attached hydrogen (secondary N) is 1. The van der Waals surface area contributed by atoms with E-state index in [9.17, 15) is 0 Å². The SMILES string of the molecule is Cc1cnc(CNC2CCSC2)s1. The van der Waals surface area contributed by atoms with Gasteiger partial charge in [0.15, 0.2) is 0 Å². The molecule has 2 nitrogen and oxygen atoms in total. The van der Waals surface area contributed by atoms with Crippen molar-refractivity contribution >= 4 is 23.1 Å². The highest BCUT2D eigenvalue weighted by molar-refractivity contribution is 7.99. The molecule has 1 aromatic heterocycles. The summed E-state index contributed by atoms with van der Waals surface area (Å²) >= 11 is 3.83. The summed E-state index contributed by atoms with van der Waals surface area (Å²) in [5.41, 5.74) is 0. The molecule has 1 atom stereocenters. The first-order valence-corrected chi connectivity index (χ1v) is 6.54. The number of aromatic nitrogens is 1. The molecule has 0 spiro atoms. The molecule has 2 rings (SSSR count). The predicted octanol–water partition coefficient (Wildman–Crippen LogP) is 2.05. The van der Waals surface area contributed by atoms with Crippen molar-refractivity contribution in [2.75, 3.05) is 11.5 Å². The van der Waals surface area contributed by atoms with Crippen LogP contribution in [0.1, 0.15) is 16.3 Å². The first kappa shape index (κ1) is 9.49. The second-order valence-electron chi connectivity index (χ2n) is 3.31. The quantitative estimate of drug-likeness (QED) is 0.833. The molecule has 13 heavy (non-hydrogen) atoms. The van der Waals surface area contributed by atoms with Gasteiger partial charge in [0.05, 0.1) is 0 Å². The average molecular weight is 214 g/mol. The zero-order valence-corrected chi connectivity index (χ0v) is 9.38. The average Bonchev–Trinajstić information content (AvgIpc) is 2.71. The van der Waals surface area contributed by atoms with Crippen LogP contribution in [0.5, 0.6) is 0 Å². The highest BCUT2D eigenvalue weighted by Gasteiger charge is 2.14. The van der Waals surface area contributed by atoms with Crippen LogP contribution in [0.15, 0.2) is 6.20 Å². The third-order valence-electron chi connectivity index (χ3n) is 2.14. The topological polar surface area (TPSA) is 24.9 Å². The minimum Gasteiger partial charge on any atom is -0.307 e. The molecule has 1 aromatic rings. The van der Waals surface area contributed by atoms with Crippen LogP contribution in [-0.4, -0.2) is 22.5 Å². The van der Waals surface area contributed by atoms with Crippen molar-refractivity contribution in [3.05, 3.63) is 16.1 Å². The van der Waals surface area contributed by atoms with E-state index in [1.54, 1.807) is 11.3 Å². The molecule has 0 amide bonds. The molecule has 0 aliphatic carbocycles. The van der Waals surface area contributed by atoms with Crippen molar-refractivity contribution < 1.29 is 0 Å². The summed E-state index contributed by atoms with van der Waals surface area (Å²) in [7, 11) is 0. The Morgan fingerprint density at radius 2 is 2.62 bits per heavy atom. The fraction of sp³-hybridized carbons (Fsp3) is 0.667. The molecule has 1 N–H and O–H groups in total. The first-order chi connectivity index (χ1) is 6.34. The maximum Gasteiger partial charge on any atom is 0.107 e. The Morgan fingerprint density at radius 3 is 3.23 bits per heavy atom. The maximum atomic E-state index is 4.33. The molecule has 2 heterocycles. The molecular formula is C9H14N2S2. The zero-order chi connectivity index (χ0) is 9.10. The van der Waals surface area contributed by atoms with Crippen LogP contribution in [0.25, 0.3) is 0 Å². The Bertz CT molecular complexity index is 266. The van der Waals surface area contributed by atoms with Gasteiger partial charge in [0.25, 0.3) is 0 Å². The van der Waals surface area contributed by atoms with E-state index in [0.29, 0.717) is 6.04 Å². The number of nitrogens with zero attached hydrogens (tertiary/aromatic N) is 1. The van der Waals surface area contributed by atoms with E-state index >= 15 is 0 Å². The summed E-state index contributed by atoms with van der Waals surface area (Å²) in [4.78, 5) is 5.63. The fourth-order valence-corrected chi connectivity index (χ4v) is 3.34. The number of thioether (sulfide) groups is 1. The van der Waals surface area contributed by atoms with Crippen molar-refractivity contribution in [1.82, 2.24) is 10.3 Å². The Balaban J connectivity index is 1.78. The summed E-state index contributed by atoms with van der Waals surface area (Å²) < 4.78 is 0. The monoisotopic (exact) mass is 214 g/mol. The third-order valence-corrected chi connectivity index (χ3v) is 4.22. The molecule has 0 radical (unpaired) electrons. The van der Waals surface area contributed by atoms with Gasteiger partial charge < -0.3 is 5.32 Å². The van der Waals surface area contributed by atoms with Crippen LogP contribution < -0.4 is 5.32 Å². The number of thiazole rings is 1. The normalized spacial score (nSPS) is 22.4. The first-order valence-electron chi connectivity index (χ1n) is 4.57. The van der Waals surface area contributed by atoms with E-state index in [2.05, 4.69) is 17.2 Å². The number of hydrogen-bond donors (Lipinski definition) is 1. The highest BCUT2D eigenvalue weighted by Crippen LogP contribution is 2.18. The minimum atomic E-state index is 0.717. The third kappa shape index (κ3) is 2.69. The molecule has 1 fully saturated rings.